The molecule has 1 saturated carbocycles. The van der Waals surface area contributed by atoms with Gasteiger partial charge in [0.15, 0.2) is 11.6 Å². The van der Waals surface area contributed by atoms with Crippen LogP contribution in [0.5, 0.6) is 11.6 Å². The van der Waals surface area contributed by atoms with Crippen molar-refractivity contribution in [1.29, 1.82) is 0 Å². The number of ether oxygens (including phenoxy) is 2. The zero-order chi connectivity index (χ0) is 18.5. The zero-order valence-electron chi connectivity index (χ0n) is 15.0. The van der Waals surface area contributed by atoms with Crippen molar-refractivity contribution in [3.8, 4) is 11.6 Å². The molecule has 1 aliphatic rings. The molecule has 1 aliphatic carbocycles. The van der Waals surface area contributed by atoms with Gasteiger partial charge in [-0.1, -0.05) is 6.07 Å². The van der Waals surface area contributed by atoms with Gasteiger partial charge in [-0.3, -0.25) is 4.79 Å². The first-order valence-corrected chi connectivity index (χ1v) is 8.79. The van der Waals surface area contributed by atoms with E-state index in [2.05, 4.69) is 10.3 Å². The smallest absolute Gasteiger partial charge is 0.251 e. The number of aryl methyl sites for hydroxylation is 1. The maximum absolute atomic E-state index is 13.7. The predicted molar refractivity (Wildman–Crippen MR) is 96.1 cm³/mol. The molecule has 1 aromatic heterocycles. The summed E-state index contributed by atoms with van der Waals surface area (Å²) in [5.41, 5.74) is 1.39. The van der Waals surface area contributed by atoms with Crippen molar-refractivity contribution in [2.24, 2.45) is 0 Å². The molecule has 1 N–H and O–H groups in total. The number of aromatic nitrogens is 1. The first kappa shape index (κ1) is 18.2. The second-order valence-electron chi connectivity index (χ2n) is 6.59. The molecule has 1 heterocycles. The predicted octanol–water partition coefficient (Wildman–Crippen LogP) is 3.66. The Morgan fingerprint density at radius 1 is 1.19 bits per heavy atom. The Kier molecular flexibility index (Phi) is 5.71. The molecule has 0 atom stereocenters. The summed E-state index contributed by atoms with van der Waals surface area (Å²) in [5.74, 6) is -0.0419. The summed E-state index contributed by atoms with van der Waals surface area (Å²) >= 11 is 0. The van der Waals surface area contributed by atoms with Crippen LogP contribution < -0.4 is 14.8 Å². The standard InChI is InChI=1S/C20H23FN2O3/c1-13-3-10-19(22-12-13)26-16-7-5-15(6-8-16)23-20(24)14-4-9-18(25-2)17(21)11-14/h3-4,9-12,15-16H,5-8H2,1-2H3,(H,23,24). The minimum Gasteiger partial charge on any atom is -0.494 e. The summed E-state index contributed by atoms with van der Waals surface area (Å²) in [6.45, 7) is 1.99. The molecular weight excluding hydrogens is 335 g/mol. The molecule has 0 radical (unpaired) electrons. The van der Waals surface area contributed by atoms with Crippen LogP contribution in [0.25, 0.3) is 0 Å². The highest BCUT2D eigenvalue weighted by molar-refractivity contribution is 5.94. The van der Waals surface area contributed by atoms with E-state index in [4.69, 9.17) is 9.47 Å². The molecule has 3 rings (SSSR count). The fourth-order valence-corrected chi connectivity index (χ4v) is 3.10. The molecule has 138 valence electrons. The van der Waals surface area contributed by atoms with Gasteiger partial charge in [-0.25, -0.2) is 9.37 Å². The number of carbonyl (C=O) groups is 1. The fourth-order valence-electron chi connectivity index (χ4n) is 3.10. The lowest BCUT2D eigenvalue weighted by Gasteiger charge is -2.29. The average Bonchev–Trinajstić information content (AvgIpc) is 2.65. The van der Waals surface area contributed by atoms with Crippen molar-refractivity contribution in [2.45, 2.75) is 44.8 Å². The van der Waals surface area contributed by atoms with Gasteiger partial charge in [-0.15, -0.1) is 0 Å². The molecule has 6 heteroatoms. The van der Waals surface area contributed by atoms with Crippen LogP contribution in [-0.2, 0) is 0 Å². The number of amides is 1. The Balaban J connectivity index is 1.49. The molecule has 5 nitrogen and oxygen atoms in total. The molecule has 2 aromatic rings. The van der Waals surface area contributed by atoms with E-state index < -0.39 is 5.82 Å². The topological polar surface area (TPSA) is 60.5 Å². The Hall–Kier alpha value is -2.63. The Morgan fingerprint density at radius 3 is 2.58 bits per heavy atom. The first-order valence-electron chi connectivity index (χ1n) is 8.79. The minimum absolute atomic E-state index is 0.0680. The van der Waals surface area contributed by atoms with Crippen LogP contribution in [0.2, 0.25) is 0 Å². The van der Waals surface area contributed by atoms with Gasteiger partial charge in [0.1, 0.15) is 6.10 Å². The van der Waals surface area contributed by atoms with Gasteiger partial charge in [0, 0.05) is 23.9 Å². The highest BCUT2D eigenvalue weighted by Gasteiger charge is 2.24. The first-order chi connectivity index (χ1) is 12.5. The molecule has 1 aromatic carbocycles. The number of pyridine rings is 1. The van der Waals surface area contributed by atoms with E-state index in [1.165, 1.54) is 19.2 Å². The lowest BCUT2D eigenvalue weighted by atomic mass is 9.92. The van der Waals surface area contributed by atoms with Gasteiger partial charge < -0.3 is 14.8 Å². The number of methoxy groups -OCH3 is 1. The summed E-state index contributed by atoms with van der Waals surface area (Å²) in [6.07, 6.45) is 5.23. The number of hydrogen-bond acceptors (Lipinski definition) is 4. The summed E-state index contributed by atoms with van der Waals surface area (Å²) in [7, 11) is 1.39. The lowest BCUT2D eigenvalue weighted by molar-refractivity contribution is 0.0889. The maximum atomic E-state index is 13.7. The second kappa shape index (κ2) is 8.17. The van der Waals surface area contributed by atoms with Crippen LogP contribution in [0.15, 0.2) is 36.5 Å². The second-order valence-corrected chi connectivity index (χ2v) is 6.59. The maximum Gasteiger partial charge on any atom is 0.251 e. The van der Waals surface area contributed by atoms with E-state index in [-0.39, 0.29) is 23.8 Å². The van der Waals surface area contributed by atoms with Gasteiger partial charge >= 0.3 is 0 Å². The number of hydrogen-bond donors (Lipinski definition) is 1. The fraction of sp³-hybridized carbons (Fsp3) is 0.400. The highest BCUT2D eigenvalue weighted by Crippen LogP contribution is 2.24. The van der Waals surface area contributed by atoms with Crippen LogP contribution in [0.1, 0.15) is 41.6 Å². The van der Waals surface area contributed by atoms with Crippen molar-refractivity contribution in [3.63, 3.8) is 0 Å². The minimum atomic E-state index is -0.539. The third-order valence-corrected chi connectivity index (χ3v) is 4.60. The van der Waals surface area contributed by atoms with Crippen molar-refractivity contribution in [1.82, 2.24) is 10.3 Å². The van der Waals surface area contributed by atoms with Crippen molar-refractivity contribution < 1.29 is 18.7 Å². The molecule has 0 spiro atoms. The van der Waals surface area contributed by atoms with E-state index in [0.29, 0.717) is 11.4 Å². The molecule has 0 bridgehead atoms. The van der Waals surface area contributed by atoms with E-state index in [1.54, 1.807) is 12.3 Å². The van der Waals surface area contributed by atoms with Crippen LogP contribution in [0, 0.1) is 12.7 Å². The molecule has 1 amide bonds. The van der Waals surface area contributed by atoms with Gasteiger partial charge in [-0.05, 0) is 56.4 Å². The molecule has 0 aliphatic heterocycles. The number of benzene rings is 1. The molecule has 1 fully saturated rings. The number of carbonyl (C=O) groups excluding carboxylic acids is 1. The van der Waals surface area contributed by atoms with Crippen LogP contribution in [0.3, 0.4) is 0 Å². The Labute approximate surface area is 152 Å². The van der Waals surface area contributed by atoms with E-state index in [0.717, 1.165) is 31.2 Å². The monoisotopic (exact) mass is 358 g/mol. The van der Waals surface area contributed by atoms with Gasteiger partial charge in [-0.2, -0.15) is 0 Å². The summed E-state index contributed by atoms with van der Waals surface area (Å²) in [4.78, 5) is 16.6. The van der Waals surface area contributed by atoms with E-state index >= 15 is 0 Å². The number of nitrogens with one attached hydrogen (secondary N) is 1. The van der Waals surface area contributed by atoms with Crippen LogP contribution in [0.4, 0.5) is 4.39 Å². The van der Waals surface area contributed by atoms with Crippen molar-refractivity contribution in [2.75, 3.05) is 7.11 Å². The van der Waals surface area contributed by atoms with E-state index in [1.807, 2.05) is 19.1 Å². The number of nitrogens with zero attached hydrogens (tertiary/aromatic N) is 1. The Morgan fingerprint density at radius 2 is 1.96 bits per heavy atom. The summed E-state index contributed by atoms with van der Waals surface area (Å²) in [6, 6.07) is 8.15. The van der Waals surface area contributed by atoms with Crippen LogP contribution in [-0.4, -0.2) is 30.1 Å². The third kappa shape index (κ3) is 4.50. The molecular formula is C20H23FN2O3. The number of halogens is 1. The van der Waals surface area contributed by atoms with Gasteiger partial charge in [0.25, 0.3) is 5.91 Å². The van der Waals surface area contributed by atoms with Crippen LogP contribution >= 0.6 is 0 Å². The van der Waals surface area contributed by atoms with Crippen molar-refractivity contribution in [3.05, 3.63) is 53.5 Å². The third-order valence-electron chi connectivity index (χ3n) is 4.60. The normalized spacial score (nSPS) is 19.7. The number of rotatable bonds is 5. The zero-order valence-corrected chi connectivity index (χ0v) is 15.0. The van der Waals surface area contributed by atoms with Gasteiger partial charge in [0.2, 0.25) is 5.88 Å². The Bertz CT molecular complexity index is 756. The quantitative estimate of drug-likeness (QED) is 0.886. The lowest BCUT2D eigenvalue weighted by Crippen LogP contribution is -2.39. The van der Waals surface area contributed by atoms with Crippen molar-refractivity contribution >= 4 is 5.91 Å². The SMILES string of the molecule is COc1ccc(C(=O)NC2CCC(Oc3ccc(C)cn3)CC2)cc1F. The van der Waals surface area contributed by atoms with Gasteiger partial charge in [0.05, 0.1) is 7.11 Å². The summed E-state index contributed by atoms with van der Waals surface area (Å²) < 4.78 is 24.5. The molecule has 26 heavy (non-hydrogen) atoms. The van der Waals surface area contributed by atoms with E-state index in [9.17, 15) is 9.18 Å². The largest absolute Gasteiger partial charge is 0.494 e. The summed E-state index contributed by atoms with van der Waals surface area (Å²) in [5, 5.41) is 2.97. The molecule has 0 unspecified atom stereocenters. The average molecular weight is 358 g/mol. The molecule has 0 saturated heterocycles. The highest BCUT2D eigenvalue weighted by atomic mass is 19.1.